The van der Waals surface area contributed by atoms with Gasteiger partial charge in [-0.25, -0.2) is 4.98 Å². The number of aryl methyl sites for hydroxylation is 1. The number of hydrogen-bond donors (Lipinski definition) is 1. The lowest BCUT2D eigenvalue weighted by atomic mass is 9.89. The van der Waals surface area contributed by atoms with Crippen LogP contribution in [0.1, 0.15) is 55.9 Å². The minimum Gasteiger partial charge on any atom is -0.353 e. The highest BCUT2D eigenvalue weighted by Crippen LogP contribution is 2.39. The summed E-state index contributed by atoms with van der Waals surface area (Å²) >= 11 is 3.25. The van der Waals surface area contributed by atoms with Gasteiger partial charge in [-0.15, -0.1) is 21.5 Å². The van der Waals surface area contributed by atoms with Gasteiger partial charge in [0.1, 0.15) is 11.2 Å². The van der Waals surface area contributed by atoms with Crippen LogP contribution in [-0.4, -0.2) is 37.3 Å². The van der Waals surface area contributed by atoms with E-state index in [1.165, 1.54) is 53.3 Å². The summed E-state index contributed by atoms with van der Waals surface area (Å²) in [5.41, 5.74) is 2.29. The van der Waals surface area contributed by atoms with Crippen molar-refractivity contribution in [2.45, 2.75) is 69.5 Å². The molecule has 0 unspecified atom stereocenters. The number of thioether (sulfide) groups is 1. The van der Waals surface area contributed by atoms with Crippen molar-refractivity contribution in [3.63, 3.8) is 0 Å². The highest BCUT2D eigenvalue weighted by Gasteiger charge is 2.24. The number of nitrogens with one attached hydrogen (secondary N) is 1. The standard InChI is InChI=1S/C20H25N5OS2/c1-12-7-8-14-15(9-12)28-19-17(14)18-23-24-20(25(18)11-21-19)27-10-16(26)22-13-5-3-2-4-6-13/h11-13H,2-10H2,1H3,(H,22,26)/t12-/m0/s1. The van der Waals surface area contributed by atoms with E-state index in [0.717, 1.165) is 47.2 Å². The Kier molecular flexibility index (Phi) is 5.00. The molecule has 0 radical (unpaired) electrons. The molecule has 1 amide bonds. The molecule has 1 N–H and O–H groups in total. The van der Waals surface area contributed by atoms with Crippen molar-refractivity contribution < 1.29 is 4.79 Å². The first-order valence-electron chi connectivity index (χ1n) is 10.2. The third-order valence-corrected chi connectivity index (χ3v) is 8.08. The van der Waals surface area contributed by atoms with Crippen molar-refractivity contribution in [2.24, 2.45) is 5.92 Å². The normalized spacial score (nSPS) is 20.5. The van der Waals surface area contributed by atoms with E-state index in [0.29, 0.717) is 11.8 Å². The maximum atomic E-state index is 12.3. The summed E-state index contributed by atoms with van der Waals surface area (Å²) in [6.45, 7) is 2.32. The van der Waals surface area contributed by atoms with Gasteiger partial charge in [-0.2, -0.15) is 0 Å². The molecule has 0 bridgehead atoms. The van der Waals surface area contributed by atoms with Crippen molar-refractivity contribution in [2.75, 3.05) is 5.75 Å². The van der Waals surface area contributed by atoms with Crippen molar-refractivity contribution in [1.29, 1.82) is 0 Å². The summed E-state index contributed by atoms with van der Waals surface area (Å²) in [6.07, 6.45) is 11.2. The van der Waals surface area contributed by atoms with Crippen molar-refractivity contribution in [1.82, 2.24) is 24.9 Å². The zero-order chi connectivity index (χ0) is 19.1. The van der Waals surface area contributed by atoms with Gasteiger partial charge in [-0.3, -0.25) is 9.20 Å². The Morgan fingerprint density at radius 2 is 2.14 bits per heavy atom. The van der Waals surface area contributed by atoms with Crippen LogP contribution < -0.4 is 5.32 Å². The van der Waals surface area contributed by atoms with Crippen LogP contribution in [0.3, 0.4) is 0 Å². The van der Waals surface area contributed by atoms with E-state index >= 15 is 0 Å². The molecule has 1 fully saturated rings. The quantitative estimate of drug-likeness (QED) is 0.652. The van der Waals surface area contributed by atoms with Gasteiger partial charge in [0.05, 0.1) is 11.1 Å². The fourth-order valence-electron chi connectivity index (χ4n) is 4.46. The molecule has 2 aliphatic carbocycles. The number of fused-ring (bicyclic) bond motifs is 5. The lowest BCUT2D eigenvalue weighted by Crippen LogP contribution is -2.37. The van der Waals surface area contributed by atoms with Crippen LogP contribution in [-0.2, 0) is 17.6 Å². The number of aromatic nitrogens is 4. The molecule has 2 aliphatic rings. The average Bonchev–Trinajstić information content (AvgIpc) is 3.27. The predicted molar refractivity (Wildman–Crippen MR) is 113 cm³/mol. The van der Waals surface area contributed by atoms with E-state index in [1.807, 2.05) is 10.7 Å². The summed E-state index contributed by atoms with van der Waals surface area (Å²) < 4.78 is 1.95. The largest absolute Gasteiger partial charge is 0.353 e. The molecule has 0 aliphatic heterocycles. The van der Waals surface area contributed by atoms with Gasteiger partial charge in [0.15, 0.2) is 10.8 Å². The number of hydrogen-bond acceptors (Lipinski definition) is 6. The average molecular weight is 416 g/mol. The van der Waals surface area contributed by atoms with Crippen molar-refractivity contribution in [3.8, 4) is 0 Å². The lowest BCUT2D eigenvalue weighted by Gasteiger charge is -2.22. The SMILES string of the molecule is C[C@H]1CCc2c(sc3ncn4c(SCC(=O)NC5CCCCC5)nnc4c23)C1. The van der Waals surface area contributed by atoms with Gasteiger partial charge in [0.2, 0.25) is 5.91 Å². The Morgan fingerprint density at radius 3 is 3.00 bits per heavy atom. The first-order chi connectivity index (χ1) is 13.7. The molecule has 3 aromatic rings. The highest BCUT2D eigenvalue weighted by atomic mass is 32.2. The van der Waals surface area contributed by atoms with Gasteiger partial charge in [-0.05, 0) is 43.6 Å². The zero-order valence-electron chi connectivity index (χ0n) is 16.1. The first-order valence-corrected chi connectivity index (χ1v) is 12.1. The van der Waals surface area contributed by atoms with Crippen LogP contribution in [0.25, 0.3) is 15.9 Å². The fraction of sp³-hybridized carbons (Fsp3) is 0.600. The second-order valence-electron chi connectivity index (χ2n) is 8.14. The minimum absolute atomic E-state index is 0.0876. The van der Waals surface area contributed by atoms with E-state index in [9.17, 15) is 4.79 Å². The monoisotopic (exact) mass is 415 g/mol. The third-order valence-electron chi connectivity index (χ3n) is 5.97. The van der Waals surface area contributed by atoms with E-state index < -0.39 is 0 Å². The number of amides is 1. The summed E-state index contributed by atoms with van der Waals surface area (Å²) in [5.74, 6) is 1.20. The van der Waals surface area contributed by atoms with Crippen molar-refractivity contribution in [3.05, 3.63) is 16.8 Å². The van der Waals surface area contributed by atoms with Gasteiger partial charge in [0.25, 0.3) is 0 Å². The summed E-state index contributed by atoms with van der Waals surface area (Å²) in [5, 5.41) is 13.9. The Bertz CT molecular complexity index is 1020. The number of carbonyl (C=O) groups is 1. The maximum Gasteiger partial charge on any atom is 0.230 e. The molecule has 148 valence electrons. The molecule has 6 nitrogen and oxygen atoms in total. The molecular weight excluding hydrogens is 390 g/mol. The van der Waals surface area contributed by atoms with Crippen LogP contribution in [0.4, 0.5) is 0 Å². The third kappa shape index (κ3) is 3.41. The van der Waals surface area contributed by atoms with Crippen LogP contribution in [0.15, 0.2) is 11.5 Å². The topological polar surface area (TPSA) is 72.2 Å². The summed E-state index contributed by atoms with van der Waals surface area (Å²) in [4.78, 5) is 19.5. The van der Waals surface area contributed by atoms with Crippen molar-refractivity contribution >= 4 is 44.9 Å². The van der Waals surface area contributed by atoms with Gasteiger partial charge in [0, 0.05) is 10.9 Å². The molecule has 0 aromatic carbocycles. The highest BCUT2D eigenvalue weighted by molar-refractivity contribution is 7.99. The molecular formula is C20H25N5OS2. The van der Waals surface area contributed by atoms with Gasteiger partial charge >= 0.3 is 0 Å². The Balaban J connectivity index is 1.36. The smallest absolute Gasteiger partial charge is 0.230 e. The number of nitrogens with zero attached hydrogens (tertiary/aromatic N) is 4. The van der Waals surface area contributed by atoms with Crippen LogP contribution in [0, 0.1) is 5.92 Å². The molecule has 5 rings (SSSR count). The molecule has 3 aromatic heterocycles. The lowest BCUT2D eigenvalue weighted by molar-refractivity contribution is -0.119. The predicted octanol–water partition coefficient (Wildman–Crippen LogP) is 4.00. The molecule has 1 saturated carbocycles. The van der Waals surface area contributed by atoms with Crippen LogP contribution in [0.2, 0.25) is 0 Å². The molecule has 8 heteroatoms. The summed E-state index contributed by atoms with van der Waals surface area (Å²) in [7, 11) is 0. The molecule has 1 atom stereocenters. The zero-order valence-corrected chi connectivity index (χ0v) is 17.7. The van der Waals surface area contributed by atoms with E-state index in [4.69, 9.17) is 0 Å². The first kappa shape index (κ1) is 18.4. The number of rotatable bonds is 4. The Hall–Kier alpha value is -1.67. The Morgan fingerprint density at radius 1 is 1.29 bits per heavy atom. The summed E-state index contributed by atoms with van der Waals surface area (Å²) in [6, 6.07) is 0.345. The van der Waals surface area contributed by atoms with Crippen LogP contribution in [0.5, 0.6) is 0 Å². The molecule has 0 spiro atoms. The van der Waals surface area contributed by atoms with Gasteiger partial charge < -0.3 is 5.32 Å². The van der Waals surface area contributed by atoms with E-state index in [1.54, 1.807) is 11.3 Å². The Labute approximate surface area is 172 Å². The fourth-order valence-corrected chi connectivity index (χ4v) is 6.52. The second-order valence-corrected chi connectivity index (χ2v) is 10.2. The van der Waals surface area contributed by atoms with E-state index in [2.05, 4.69) is 27.4 Å². The van der Waals surface area contributed by atoms with Gasteiger partial charge in [-0.1, -0.05) is 37.9 Å². The van der Waals surface area contributed by atoms with Crippen LogP contribution >= 0.6 is 23.1 Å². The maximum absolute atomic E-state index is 12.3. The number of thiophene rings is 1. The second kappa shape index (κ2) is 7.63. The number of carbonyl (C=O) groups excluding carboxylic acids is 1. The minimum atomic E-state index is 0.0876. The molecule has 0 saturated heterocycles. The van der Waals surface area contributed by atoms with E-state index in [-0.39, 0.29) is 5.91 Å². The molecule has 3 heterocycles. The molecule has 28 heavy (non-hydrogen) atoms.